The second-order valence-electron chi connectivity index (χ2n) is 6.00. The van der Waals surface area contributed by atoms with Crippen LogP contribution >= 0.6 is 0 Å². The van der Waals surface area contributed by atoms with Gasteiger partial charge in [0, 0.05) is 31.8 Å². The van der Waals surface area contributed by atoms with Gasteiger partial charge in [0.2, 0.25) is 0 Å². The third-order valence-corrected chi connectivity index (χ3v) is 4.50. The zero-order valence-electron chi connectivity index (χ0n) is 11.5. The van der Waals surface area contributed by atoms with Crippen molar-refractivity contribution in [3.63, 3.8) is 0 Å². The lowest BCUT2D eigenvalue weighted by molar-refractivity contribution is 0.0748. The third-order valence-electron chi connectivity index (χ3n) is 4.50. The molecule has 2 fully saturated rings. The van der Waals surface area contributed by atoms with Gasteiger partial charge in [0.05, 0.1) is 6.54 Å². The fourth-order valence-electron chi connectivity index (χ4n) is 3.60. The maximum absolute atomic E-state index is 12.3. The van der Waals surface area contributed by atoms with E-state index in [4.69, 9.17) is 5.11 Å². The van der Waals surface area contributed by atoms with Crippen molar-refractivity contribution in [3.8, 4) is 0 Å². The molecule has 0 aromatic rings. The number of halogens is 2. The maximum atomic E-state index is 12.3. The largest absolute Gasteiger partial charge is 0.396 e. The average molecular weight is 276 g/mol. The van der Waals surface area contributed by atoms with Crippen molar-refractivity contribution in [1.82, 2.24) is 10.2 Å². The van der Waals surface area contributed by atoms with Crippen LogP contribution in [0.4, 0.5) is 8.78 Å². The minimum absolute atomic E-state index is 0.153. The van der Waals surface area contributed by atoms with Crippen molar-refractivity contribution in [2.45, 2.75) is 57.0 Å². The lowest BCUT2D eigenvalue weighted by Gasteiger charge is -2.41. The van der Waals surface area contributed by atoms with Crippen molar-refractivity contribution in [1.29, 1.82) is 0 Å². The van der Waals surface area contributed by atoms with E-state index in [9.17, 15) is 8.78 Å². The molecule has 0 spiro atoms. The Kier molecular flexibility index (Phi) is 5.98. The number of aliphatic hydroxyl groups is 1. The standard InChI is InChI=1S/C14H26F2N2O/c15-14(16)8-17-12-7-11(5-6-19)9-18(10-12)13-3-1-2-4-13/h11-14,17,19H,1-10H2. The van der Waals surface area contributed by atoms with Crippen LogP contribution in [0.5, 0.6) is 0 Å². The first-order chi connectivity index (χ1) is 9.19. The number of piperidine rings is 1. The van der Waals surface area contributed by atoms with Gasteiger partial charge in [-0.2, -0.15) is 0 Å². The second-order valence-corrected chi connectivity index (χ2v) is 6.00. The van der Waals surface area contributed by atoms with Crippen LogP contribution in [-0.2, 0) is 0 Å². The molecule has 0 aromatic heterocycles. The Balaban J connectivity index is 1.87. The highest BCUT2D eigenvalue weighted by Crippen LogP contribution is 2.29. The molecule has 1 heterocycles. The fourth-order valence-corrected chi connectivity index (χ4v) is 3.60. The maximum Gasteiger partial charge on any atom is 0.250 e. The normalized spacial score (nSPS) is 30.3. The molecular formula is C14H26F2N2O. The number of alkyl halides is 2. The molecule has 1 aliphatic heterocycles. The number of likely N-dealkylation sites (tertiary alicyclic amines) is 1. The number of hydrogen-bond donors (Lipinski definition) is 2. The van der Waals surface area contributed by atoms with Crippen molar-refractivity contribution < 1.29 is 13.9 Å². The summed E-state index contributed by atoms with van der Waals surface area (Å²) in [4.78, 5) is 2.47. The van der Waals surface area contributed by atoms with Crippen LogP contribution in [-0.4, -0.2) is 54.8 Å². The van der Waals surface area contributed by atoms with Crippen LogP contribution in [0.1, 0.15) is 38.5 Å². The van der Waals surface area contributed by atoms with E-state index in [0.717, 1.165) is 25.9 Å². The molecular weight excluding hydrogens is 250 g/mol. The summed E-state index contributed by atoms with van der Waals surface area (Å²) in [6.45, 7) is 1.90. The van der Waals surface area contributed by atoms with E-state index < -0.39 is 6.43 Å². The molecule has 2 unspecified atom stereocenters. The van der Waals surface area contributed by atoms with Crippen molar-refractivity contribution in [3.05, 3.63) is 0 Å². The molecule has 0 aromatic carbocycles. The predicted molar refractivity (Wildman–Crippen MR) is 71.4 cm³/mol. The average Bonchev–Trinajstić information content (AvgIpc) is 2.90. The molecule has 2 rings (SSSR count). The van der Waals surface area contributed by atoms with Gasteiger partial charge in [0.1, 0.15) is 0 Å². The Morgan fingerprint density at radius 2 is 1.95 bits per heavy atom. The summed E-state index contributed by atoms with van der Waals surface area (Å²) < 4.78 is 24.6. The number of nitrogens with zero attached hydrogens (tertiary/aromatic N) is 1. The van der Waals surface area contributed by atoms with E-state index >= 15 is 0 Å². The SMILES string of the molecule is OCCC1CC(NCC(F)F)CN(C2CCCC2)C1. The predicted octanol–water partition coefficient (Wildman–Crippen LogP) is 1.86. The summed E-state index contributed by atoms with van der Waals surface area (Å²) >= 11 is 0. The van der Waals surface area contributed by atoms with Crippen LogP contribution in [0, 0.1) is 5.92 Å². The number of aliphatic hydroxyl groups excluding tert-OH is 1. The Morgan fingerprint density at radius 1 is 1.21 bits per heavy atom. The molecule has 3 nitrogen and oxygen atoms in total. The summed E-state index contributed by atoms with van der Waals surface area (Å²) in [6, 6.07) is 0.789. The van der Waals surface area contributed by atoms with Crippen LogP contribution < -0.4 is 5.32 Å². The summed E-state index contributed by atoms with van der Waals surface area (Å²) in [7, 11) is 0. The van der Waals surface area contributed by atoms with Gasteiger partial charge >= 0.3 is 0 Å². The zero-order valence-corrected chi connectivity index (χ0v) is 11.5. The number of nitrogens with one attached hydrogen (secondary N) is 1. The first-order valence-corrected chi connectivity index (χ1v) is 7.55. The Bertz CT molecular complexity index is 260. The monoisotopic (exact) mass is 276 g/mol. The first kappa shape index (κ1) is 15.1. The van der Waals surface area contributed by atoms with Gasteiger partial charge in [-0.15, -0.1) is 0 Å². The number of hydrogen-bond acceptors (Lipinski definition) is 3. The first-order valence-electron chi connectivity index (χ1n) is 7.55. The molecule has 2 N–H and O–H groups in total. The minimum Gasteiger partial charge on any atom is -0.396 e. The van der Waals surface area contributed by atoms with E-state index in [-0.39, 0.29) is 19.2 Å². The molecule has 0 amide bonds. The highest BCUT2D eigenvalue weighted by Gasteiger charge is 2.32. The van der Waals surface area contributed by atoms with Gasteiger partial charge < -0.3 is 10.4 Å². The van der Waals surface area contributed by atoms with E-state index in [2.05, 4.69) is 10.2 Å². The smallest absolute Gasteiger partial charge is 0.250 e. The van der Waals surface area contributed by atoms with E-state index in [1.807, 2.05) is 0 Å². The number of rotatable bonds is 6. The van der Waals surface area contributed by atoms with Gasteiger partial charge in [-0.25, -0.2) is 8.78 Å². The Morgan fingerprint density at radius 3 is 2.58 bits per heavy atom. The van der Waals surface area contributed by atoms with Crippen molar-refractivity contribution in [2.24, 2.45) is 5.92 Å². The van der Waals surface area contributed by atoms with Gasteiger partial charge in [-0.05, 0) is 31.6 Å². The molecule has 1 aliphatic carbocycles. The van der Waals surface area contributed by atoms with E-state index in [1.165, 1.54) is 25.7 Å². The van der Waals surface area contributed by atoms with Crippen LogP contribution in [0.2, 0.25) is 0 Å². The van der Waals surface area contributed by atoms with E-state index in [1.54, 1.807) is 0 Å². The third kappa shape index (κ3) is 4.65. The minimum atomic E-state index is -2.28. The van der Waals surface area contributed by atoms with Gasteiger partial charge in [0.15, 0.2) is 0 Å². The summed E-state index contributed by atoms with van der Waals surface area (Å²) in [5.41, 5.74) is 0. The van der Waals surface area contributed by atoms with Crippen LogP contribution in [0.15, 0.2) is 0 Å². The van der Waals surface area contributed by atoms with Crippen molar-refractivity contribution in [2.75, 3.05) is 26.2 Å². The lowest BCUT2D eigenvalue weighted by Crippen LogP contribution is -2.53. The lowest BCUT2D eigenvalue weighted by atomic mass is 9.90. The van der Waals surface area contributed by atoms with Crippen molar-refractivity contribution >= 4 is 0 Å². The van der Waals surface area contributed by atoms with Crippen LogP contribution in [0.3, 0.4) is 0 Å². The Labute approximate surface area is 114 Å². The van der Waals surface area contributed by atoms with Gasteiger partial charge in [0.25, 0.3) is 6.43 Å². The molecule has 2 aliphatic rings. The summed E-state index contributed by atoms with van der Waals surface area (Å²) in [5.74, 6) is 0.439. The topological polar surface area (TPSA) is 35.5 Å². The van der Waals surface area contributed by atoms with Gasteiger partial charge in [-0.3, -0.25) is 4.90 Å². The second kappa shape index (κ2) is 7.50. The van der Waals surface area contributed by atoms with E-state index in [0.29, 0.717) is 12.0 Å². The summed E-state index contributed by atoms with van der Waals surface area (Å²) in [5, 5.41) is 12.1. The molecule has 112 valence electrons. The molecule has 0 bridgehead atoms. The van der Waals surface area contributed by atoms with Gasteiger partial charge in [-0.1, -0.05) is 12.8 Å². The van der Waals surface area contributed by atoms with Crippen LogP contribution in [0.25, 0.3) is 0 Å². The highest BCUT2D eigenvalue weighted by atomic mass is 19.3. The highest BCUT2D eigenvalue weighted by molar-refractivity contribution is 4.88. The molecule has 1 saturated carbocycles. The molecule has 1 saturated heterocycles. The fraction of sp³-hybridized carbons (Fsp3) is 1.00. The molecule has 19 heavy (non-hydrogen) atoms. The molecule has 2 atom stereocenters. The molecule has 0 radical (unpaired) electrons. The Hall–Kier alpha value is -0.260. The summed E-state index contributed by atoms with van der Waals surface area (Å²) in [6.07, 6.45) is 4.49. The quantitative estimate of drug-likeness (QED) is 0.777. The zero-order chi connectivity index (χ0) is 13.7. The molecule has 5 heteroatoms.